The molecule has 0 aromatic heterocycles. The first kappa shape index (κ1) is 13.8. The second kappa shape index (κ2) is 5.57. The predicted octanol–water partition coefficient (Wildman–Crippen LogP) is 2.42. The van der Waals surface area contributed by atoms with E-state index in [9.17, 15) is 14.0 Å². The number of rotatable bonds is 2. The van der Waals surface area contributed by atoms with Gasteiger partial charge < -0.3 is 10.0 Å². The van der Waals surface area contributed by atoms with Gasteiger partial charge in [-0.3, -0.25) is 9.59 Å². The summed E-state index contributed by atoms with van der Waals surface area (Å²) in [4.78, 5) is 24.5. The molecule has 0 bridgehead atoms. The van der Waals surface area contributed by atoms with Crippen molar-refractivity contribution in [1.82, 2.24) is 4.90 Å². The predicted molar refractivity (Wildman–Crippen MR) is 67.7 cm³/mol. The molecule has 1 aliphatic rings. The lowest BCUT2D eigenvalue weighted by molar-refractivity contribution is -0.143. The monoisotopic (exact) mass is 285 g/mol. The topological polar surface area (TPSA) is 57.6 Å². The number of carboxylic acid groups (broad SMARTS) is 1. The van der Waals surface area contributed by atoms with Crippen LogP contribution in [0.5, 0.6) is 0 Å². The van der Waals surface area contributed by atoms with Crippen molar-refractivity contribution in [2.45, 2.75) is 12.8 Å². The van der Waals surface area contributed by atoms with Gasteiger partial charge in [0.1, 0.15) is 5.82 Å². The summed E-state index contributed by atoms with van der Waals surface area (Å²) in [5.41, 5.74) is -0.0737. The maximum Gasteiger partial charge on any atom is 0.308 e. The molecule has 1 aromatic carbocycles. The third-order valence-electron chi connectivity index (χ3n) is 3.22. The first-order valence-corrected chi connectivity index (χ1v) is 6.34. The van der Waals surface area contributed by atoms with E-state index in [2.05, 4.69) is 0 Å². The van der Waals surface area contributed by atoms with Crippen LogP contribution in [-0.4, -0.2) is 35.0 Å². The van der Waals surface area contributed by atoms with Gasteiger partial charge >= 0.3 is 5.97 Å². The van der Waals surface area contributed by atoms with Crippen LogP contribution in [0, 0.1) is 11.7 Å². The average Bonchev–Trinajstić information content (AvgIpc) is 2.38. The molecule has 19 heavy (non-hydrogen) atoms. The summed E-state index contributed by atoms with van der Waals surface area (Å²) in [6.07, 6.45) is 1.15. The van der Waals surface area contributed by atoms with Gasteiger partial charge in [0.2, 0.25) is 0 Å². The van der Waals surface area contributed by atoms with E-state index in [1.807, 2.05) is 0 Å². The molecule has 6 heteroatoms. The highest BCUT2D eigenvalue weighted by atomic mass is 35.5. The Labute approximate surface area is 114 Å². The number of likely N-dealkylation sites (tertiary alicyclic amines) is 1. The summed E-state index contributed by atoms with van der Waals surface area (Å²) < 4.78 is 13.7. The van der Waals surface area contributed by atoms with Crippen molar-refractivity contribution in [2.75, 3.05) is 13.1 Å². The molecule has 1 fully saturated rings. The summed E-state index contributed by atoms with van der Waals surface area (Å²) in [5.74, 6) is -2.67. The molecule has 1 saturated heterocycles. The first-order chi connectivity index (χ1) is 8.99. The SMILES string of the molecule is O=C(O)[C@@H]1CCCN(C(=O)c2ccc(Cl)cc2F)C1. The molecule has 1 aromatic rings. The Kier molecular flexibility index (Phi) is 4.04. The van der Waals surface area contributed by atoms with Crippen LogP contribution >= 0.6 is 11.6 Å². The van der Waals surface area contributed by atoms with Gasteiger partial charge in [-0.2, -0.15) is 0 Å². The Hall–Kier alpha value is -1.62. The zero-order valence-corrected chi connectivity index (χ0v) is 10.9. The van der Waals surface area contributed by atoms with Crippen molar-refractivity contribution in [3.63, 3.8) is 0 Å². The normalized spacial score (nSPS) is 19.3. The fourth-order valence-corrected chi connectivity index (χ4v) is 2.36. The van der Waals surface area contributed by atoms with Crippen molar-refractivity contribution in [3.05, 3.63) is 34.6 Å². The average molecular weight is 286 g/mol. The Morgan fingerprint density at radius 1 is 1.42 bits per heavy atom. The number of carbonyl (C=O) groups is 2. The van der Waals surface area contributed by atoms with E-state index in [0.717, 1.165) is 6.07 Å². The maximum absolute atomic E-state index is 13.7. The largest absolute Gasteiger partial charge is 0.481 e. The molecule has 0 radical (unpaired) electrons. The van der Waals surface area contributed by atoms with Gasteiger partial charge in [0.15, 0.2) is 0 Å². The van der Waals surface area contributed by atoms with Gasteiger partial charge in [-0.25, -0.2) is 4.39 Å². The van der Waals surface area contributed by atoms with Gasteiger partial charge in [-0.1, -0.05) is 11.6 Å². The number of benzene rings is 1. The highest BCUT2D eigenvalue weighted by Crippen LogP contribution is 2.21. The number of hydrogen-bond acceptors (Lipinski definition) is 2. The minimum absolute atomic E-state index is 0.0737. The van der Waals surface area contributed by atoms with E-state index in [4.69, 9.17) is 16.7 Å². The van der Waals surface area contributed by atoms with E-state index in [-0.39, 0.29) is 17.1 Å². The van der Waals surface area contributed by atoms with Crippen molar-refractivity contribution < 1.29 is 19.1 Å². The van der Waals surface area contributed by atoms with E-state index in [0.29, 0.717) is 19.4 Å². The fourth-order valence-electron chi connectivity index (χ4n) is 2.20. The number of piperidine rings is 1. The quantitative estimate of drug-likeness (QED) is 0.908. The minimum atomic E-state index is -0.922. The van der Waals surface area contributed by atoms with E-state index >= 15 is 0 Å². The molecule has 102 valence electrons. The van der Waals surface area contributed by atoms with Crippen LogP contribution in [0.2, 0.25) is 5.02 Å². The van der Waals surface area contributed by atoms with Crippen LogP contribution in [-0.2, 0) is 4.79 Å². The third kappa shape index (κ3) is 3.04. The number of nitrogens with zero attached hydrogens (tertiary/aromatic N) is 1. The molecule has 0 aliphatic carbocycles. The molecule has 4 nitrogen and oxygen atoms in total. The van der Waals surface area contributed by atoms with Crippen LogP contribution < -0.4 is 0 Å². The zero-order chi connectivity index (χ0) is 14.0. The van der Waals surface area contributed by atoms with Gasteiger partial charge in [-0.15, -0.1) is 0 Å². The number of carbonyl (C=O) groups excluding carboxylic acids is 1. The maximum atomic E-state index is 13.7. The molecule has 1 amide bonds. The molecule has 0 spiro atoms. The Bertz CT molecular complexity index is 521. The van der Waals surface area contributed by atoms with Gasteiger partial charge in [0.25, 0.3) is 5.91 Å². The van der Waals surface area contributed by atoms with Gasteiger partial charge in [0.05, 0.1) is 11.5 Å². The molecule has 1 atom stereocenters. The Morgan fingerprint density at radius 2 is 2.16 bits per heavy atom. The van der Waals surface area contributed by atoms with E-state index in [1.54, 1.807) is 0 Å². The second-order valence-electron chi connectivity index (χ2n) is 4.55. The zero-order valence-electron chi connectivity index (χ0n) is 10.1. The van der Waals surface area contributed by atoms with Crippen LogP contribution in [0.4, 0.5) is 4.39 Å². The molecular formula is C13H13ClFNO3. The summed E-state index contributed by atoms with van der Waals surface area (Å²) in [7, 11) is 0. The van der Waals surface area contributed by atoms with Crippen LogP contribution in [0.3, 0.4) is 0 Å². The van der Waals surface area contributed by atoms with Crippen molar-refractivity contribution in [1.29, 1.82) is 0 Å². The van der Waals surface area contributed by atoms with Crippen molar-refractivity contribution in [2.24, 2.45) is 5.92 Å². The van der Waals surface area contributed by atoms with Crippen molar-refractivity contribution >= 4 is 23.5 Å². The molecular weight excluding hydrogens is 273 g/mol. The highest BCUT2D eigenvalue weighted by Gasteiger charge is 2.29. The number of carboxylic acids is 1. The summed E-state index contributed by atoms with van der Waals surface area (Å²) in [5, 5.41) is 9.19. The van der Waals surface area contributed by atoms with Crippen LogP contribution in [0.25, 0.3) is 0 Å². The number of aliphatic carboxylic acids is 1. The molecule has 1 N–H and O–H groups in total. The number of halogens is 2. The first-order valence-electron chi connectivity index (χ1n) is 5.96. The van der Waals surface area contributed by atoms with Gasteiger partial charge in [0, 0.05) is 18.1 Å². The molecule has 1 heterocycles. The molecule has 1 aliphatic heterocycles. The highest BCUT2D eigenvalue weighted by molar-refractivity contribution is 6.30. The lowest BCUT2D eigenvalue weighted by atomic mass is 9.97. The van der Waals surface area contributed by atoms with Crippen LogP contribution in [0.1, 0.15) is 23.2 Å². The van der Waals surface area contributed by atoms with Gasteiger partial charge in [-0.05, 0) is 31.0 Å². The van der Waals surface area contributed by atoms with E-state index < -0.39 is 23.6 Å². The second-order valence-corrected chi connectivity index (χ2v) is 4.99. The van der Waals surface area contributed by atoms with Crippen LogP contribution in [0.15, 0.2) is 18.2 Å². The minimum Gasteiger partial charge on any atom is -0.481 e. The Morgan fingerprint density at radius 3 is 2.79 bits per heavy atom. The molecule has 2 rings (SSSR count). The lowest BCUT2D eigenvalue weighted by Gasteiger charge is -2.30. The molecule has 0 saturated carbocycles. The van der Waals surface area contributed by atoms with E-state index in [1.165, 1.54) is 17.0 Å². The number of amides is 1. The standard InChI is InChI=1S/C13H13ClFNO3/c14-9-3-4-10(11(15)6-9)12(17)16-5-1-2-8(7-16)13(18)19/h3-4,6,8H,1-2,5,7H2,(H,18,19)/t8-/m1/s1. The lowest BCUT2D eigenvalue weighted by Crippen LogP contribution is -2.42. The summed E-state index contributed by atoms with van der Waals surface area (Å²) >= 11 is 5.63. The molecule has 0 unspecified atom stereocenters. The summed E-state index contributed by atoms with van der Waals surface area (Å²) in [6.45, 7) is 0.570. The smallest absolute Gasteiger partial charge is 0.308 e. The Balaban J connectivity index is 2.17. The fraction of sp³-hybridized carbons (Fsp3) is 0.385. The van der Waals surface area contributed by atoms with Crippen molar-refractivity contribution in [3.8, 4) is 0 Å². The number of hydrogen-bond donors (Lipinski definition) is 1. The third-order valence-corrected chi connectivity index (χ3v) is 3.45. The summed E-state index contributed by atoms with van der Waals surface area (Å²) in [6, 6.07) is 3.84.